The van der Waals surface area contributed by atoms with Crippen LogP contribution in [0, 0.1) is 16.7 Å². The Hall–Kier alpha value is -2.94. The van der Waals surface area contributed by atoms with Gasteiger partial charge in [-0.3, -0.25) is 19.2 Å². The fourth-order valence-electron chi connectivity index (χ4n) is 2.78. The van der Waals surface area contributed by atoms with Crippen LogP contribution in [0.2, 0.25) is 0 Å². The first-order valence-corrected chi connectivity index (χ1v) is 12.7. The Labute approximate surface area is 220 Å². The van der Waals surface area contributed by atoms with Crippen molar-refractivity contribution in [2.75, 3.05) is 20.3 Å². The summed E-state index contributed by atoms with van der Waals surface area (Å²) >= 11 is 0. The number of nitrogens with one attached hydrogen (secondary N) is 1. The molecular weight excluding hydrogens is 478 g/mol. The summed E-state index contributed by atoms with van der Waals surface area (Å²) in [5.41, 5.74) is -0.820. The van der Waals surface area contributed by atoms with E-state index in [-0.39, 0.29) is 43.0 Å². The van der Waals surface area contributed by atoms with Crippen LogP contribution in [0.5, 0.6) is 11.5 Å². The molecule has 0 aliphatic heterocycles. The normalized spacial score (nSPS) is 12.6. The lowest BCUT2D eigenvalue weighted by atomic mass is 9.90. The van der Waals surface area contributed by atoms with Crippen molar-refractivity contribution in [2.45, 2.75) is 80.7 Å². The summed E-state index contributed by atoms with van der Waals surface area (Å²) in [7, 11) is 1.29. The highest BCUT2D eigenvalue weighted by molar-refractivity contribution is 5.81. The van der Waals surface area contributed by atoms with Gasteiger partial charge < -0.3 is 24.3 Å². The summed E-state index contributed by atoms with van der Waals surface area (Å²) in [6, 6.07) is 4.09. The van der Waals surface area contributed by atoms with Crippen molar-refractivity contribution in [1.29, 1.82) is 0 Å². The molecule has 0 amide bonds. The molecule has 0 bridgehead atoms. The number of esters is 4. The first kappa shape index (κ1) is 32.1. The zero-order valence-electron chi connectivity index (χ0n) is 23.7. The van der Waals surface area contributed by atoms with E-state index < -0.39 is 34.8 Å². The minimum atomic E-state index is -0.747. The molecule has 208 valence electrons. The average Bonchev–Trinajstić information content (AvgIpc) is 2.86. The maximum absolute atomic E-state index is 12.8. The number of benzene rings is 1. The molecule has 0 fully saturated rings. The lowest BCUT2D eigenvalue weighted by molar-refractivity contribution is -0.147. The third kappa shape index (κ3) is 9.80. The van der Waals surface area contributed by atoms with Crippen LogP contribution in [-0.4, -0.2) is 50.2 Å². The summed E-state index contributed by atoms with van der Waals surface area (Å²) in [5, 5.41) is 3.04. The number of carbonyl (C=O) groups excluding carboxylic acids is 4. The zero-order valence-corrected chi connectivity index (χ0v) is 23.7. The van der Waals surface area contributed by atoms with E-state index in [1.54, 1.807) is 59.7 Å². The second kappa shape index (κ2) is 14.1. The van der Waals surface area contributed by atoms with Gasteiger partial charge in [0.25, 0.3) is 0 Å². The molecule has 1 N–H and O–H groups in total. The lowest BCUT2D eigenvalue weighted by Gasteiger charge is -2.24. The van der Waals surface area contributed by atoms with Gasteiger partial charge in [0.05, 0.1) is 23.9 Å². The topological polar surface area (TPSA) is 117 Å². The number of carbonyl (C=O) groups is 4. The molecule has 0 aliphatic carbocycles. The van der Waals surface area contributed by atoms with E-state index in [2.05, 4.69) is 5.32 Å². The molecule has 0 aromatic heterocycles. The van der Waals surface area contributed by atoms with E-state index in [0.717, 1.165) is 0 Å². The van der Waals surface area contributed by atoms with Gasteiger partial charge in [-0.2, -0.15) is 0 Å². The monoisotopic (exact) mass is 521 g/mol. The predicted molar refractivity (Wildman–Crippen MR) is 139 cm³/mol. The van der Waals surface area contributed by atoms with Crippen molar-refractivity contribution < 1.29 is 38.1 Å². The lowest BCUT2D eigenvalue weighted by Crippen LogP contribution is -2.41. The third-order valence-corrected chi connectivity index (χ3v) is 6.42. The van der Waals surface area contributed by atoms with Gasteiger partial charge >= 0.3 is 23.9 Å². The van der Waals surface area contributed by atoms with Gasteiger partial charge in [0.2, 0.25) is 0 Å². The fraction of sp³-hybridized carbons (Fsp3) is 0.643. The van der Waals surface area contributed by atoms with E-state index >= 15 is 0 Å². The first-order valence-electron chi connectivity index (χ1n) is 12.7. The molecule has 9 nitrogen and oxygen atoms in total. The predicted octanol–water partition coefficient (Wildman–Crippen LogP) is 4.24. The average molecular weight is 522 g/mol. The molecule has 0 spiro atoms. The number of methoxy groups -OCH3 is 1. The molecule has 0 unspecified atom stereocenters. The molecule has 9 heteroatoms. The SMILES string of the molecule is CCC(C)(C)C(=O)Oc1ccc(C[C@H](NCCOC(=O)C(C)C)C(=O)OC)cc1OC(=O)C(C)(C)CC. The molecule has 0 radical (unpaired) electrons. The number of hydrogen-bond donors (Lipinski definition) is 1. The first-order chi connectivity index (χ1) is 17.2. The minimum Gasteiger partial charge on any atom is -0.468 e. The fourth-order valence-corrected chi connectivity index (χ4v) is 2.78. The van der Waals surface area contributed by atoms with E-state index in [0.29, 0.717) is 18.4 Å². The molecule has 0 saturated carbocycles. The van der Waals surface area contributed by atoms with Crippen LogP contribution in [0.3, 0.4) is 0 Å². The summed E-state index contributed by atoms with van der Waals surface area (Å²) in [6.07, 6.45) is 1.32. The Morgan fingerprint density at radius 3 is 1.89 bits per heavy atom. The van der Waals surface area contributed by atoms with E-state index in [9.17, 15) is 19.2 Å². The molecular formula is C28H43NO8. The summed E-state index contributed by atoms with van der Waals surface area (Å²) in [5.74, 6) is -1.76. The van der Waals surface area contributed by atoms with E-state index in [1.807, 2.05) is 13.8 Å². The third-order valence-electron chi connectivity index (χ3n) is 6.42. The van der Waals surface area contributed by atoms with Crippen LogP contribution >= 0.6 is 0 Å². The van der Waals surface area contributed by atoms with Gasteiger partial charge in [-0.25, -0.2) is 0 Å². The Morgan fingerprint density at radius 1 is 0.865 bits per heavy atom. The minimum absolute atomic E-state index is 0.0961. The zero-order chi connectivity index (χ0) is 28.4. The van der Waals surface area contributed by atoms with Crippen LogP contribution in [0.1, 0.15) is 73.8 Å². The number of ether oxygens (including phenoxy) is 4. The van der Waals surface area contributed by atoms with Gasteiger partial charge in [0.15, 0.2) is 11.5 Å². The van der Waals surface area contributed by atoms with Crippen molar-refractivity contribution >= 4 is 23.9 Å². The largest absolute Gasteiger partial charge is 0.468 e. The summed E-state index contributed by atoms with van der Waals surface area (Å²) in [4.78, 5) is 49.6. The Balaban J connectivity index is 3.18. The van der Waals surface area contributed by atoms with Crippen LogP contribution in [0.15, 0.2) is 18.2 Å². The molecule has 0 heterocycles. The Morgan fingerprint density at radius 2 is 1.41 bits per heavy atom. The van der Waals surface area contributed by atoms with Crippen LogP contribution in [-0.2, 0) is 35.1 Å². The van der Waals surface area contributed by atoms with Gasteiger partial charge in [0, 0.05) is 6.54 Å². The smallest absolute Gasteiger partial charge is 0.323 e. The highest BCUT2D eigenvalue weighted by atomic mass is 16.6. The van der Waals surface area contributed by atoms with Crippen molar-refractivity contribution in [3.63, 3.8) is 0 Å². The summed E-state index contributed by atoms with van der Waals surface area (Å²) in [6.45, 7) is 14.7. The highest BCUT2D eigenvalue weighted by Crippen LogP contribution is 2.34. The second-order valence-corrected chi connectivity index (χ2v) is 10.6. The molecule has 37 heavy (non-hydrogen) atoms. The molecule has 1 aromatic rings. The summed E-state index contributed by atoms with van der Waals surface area (Å²) < 4.78 is 21.4. The molecule has 1 aromatic carbocycles. The van der Waals surface area contributed by atoms with E-state index in [4.69, 9.17) is 18.9 Å². The molecule has 0 saturated heterocycles. The Bertz CT molecular complexity index is 952. The van der Waals surface area contributed by atoms with Crippen molar-refractivity contribution in [3.05, 3.63) is 23.8 Å². The van der Waals surface area contributed by atoms with Gasteiger partial charge in [0.1, 0.15) is 12.6 Å². The molecule has 1 atom stereocenters. The van der Waals surface area contributed by atoms with Crippen molar-refractivity contribution in [3.8, 4) is 11.5 Å². The molecule has 1 rings (SSSR count). The van der Waals surface area contributed by atoms with Crippen LogP contribution in [0.4, 0.5) is 0 Å². The van der Waals surface area contributed by atoms with Crippen molar-refractivity contribution in [2.24, 2.45) is 16.7 Å². The van der Waals surface area contributed by atoms with Gasteiger partial charge in [-0.15, -0.1) is 0 Å². The van der Waals surface area contributed by atoms with Gasteiger partial charge in [-0.1, -0.05) is 33.8 Å². The molecule has 0 aliphatic rings. The second-order valence-electron chi connectivity index (χ2n) is 10.6. The highest BCUT2D eigenvalue weighted by Gasteiger charge is 2.31. The van der Waals surface area contributed by atoms with E-state index in [1.165, 1.54) is 7.11 Å². The quantitative estimate of drug-likeness (QED) is 0.218. The number of rotatable bonds is 14. The van der Waals surface area contributed by atoms with Crippen molar-refractivity contribution in [1.82, 2.24) is 5.32 Å². The Kier molecular flexibility index (Phi) is 12.2. The number of hydrogen-bond acceptors (Lipinski definition) is 9. The maximum Gasteiger partial charge on any atom is 0.323 e. The van der Waals surface area contributed by atoms with Crippen LogP contribution in [0.25, 0.3) is 0 Å². The standard InChI is InChI=1S/C28H43NO8/c1-10-27(5,6)25(32)36-21-13-12-19(17-22(21)37-26(33)28(7,8)11-2)16-20(24(31)34-9)29-14-15-35-23(30)18(3)4/h12-13,17-18,20,29H,10-11,14-16H2,1-9H3/t20-/m0/s1. The maximum atomic E-state index is 12.8. The van der Waals surface area contributed by atoms with Crippen LogP contribution < -0.4 is 14.8 Å². The van der Waals surface area contributed by atoms with Gasteiger partial charge in [-0.05, 0) is 64.7 Å².